The smallest absolute Gasteiger partial charge is 0.183 e. The molecular formula is C16H14BrN3OS. The Hall–Kier alpha value is -1.97. The van der Waals surface area contributed by atoms with Crippen LogP contribution in [0, 0.1) is 18.4 Å². The van der Waals surface area contributed by atoms with Crippen molar-refractivity contribution in [2.24, 2.45) is 4.99 Å². The molecule has 0 bridgehead atoms. The van der Waals surface area contributed by atoms with Gasteiger partial charge in [0.2, 0.25) is 0 Å². The van der Waals surface area contributed by atoms with Gasteiger partial charge < -0.3 is 5.11 Å². The number of thioether (sulfide) groups is 1. The average Bonchev–Trinajstić information content (AvgIpc) is 2.52. The van der Waals surface area contributed by atoms with Crippen LogP contribution in [-0.2, 0) is 0 Å². The molecule has 0 saturated carbocycles. The van der Waals surface area contributed by atoms with E-state index in [-0.39, 0.29) is 5.75 Å². The number of halogens is 1. The molecule has 0 atom stereocenters. The quantitative estimate of drug-likeness (QED) is 0.349. The van der Waals surface area contributed by atoms with Gasteiger partial charge in [0.15, 0.2) is 11.4 Å². The molecule has 0 radical (unpaired) electrons. The van der Waals surface area contributed by atoms with Crippen molar-refractivity contribution in [3.05, 3.63) is 46.4 Å². The lowest BCUT2D eigenvalue weighted by molar-refractivity contribution is 0.477. The highest BCUT2D eigenvalue weighted by atomic mass is 79.9. The van der Waals surface area contributed by atoms with Crippen molar-refractivity contribution < 1.29 is 5.11 Å². The summed E-state index contributed by atoms with van der Waals surface area (Å²) >= 11 is 4.90. The number of aliphatic imine (C=N–C) groups is 1. The first-order valence-electron chi connectivity index (χ1n) is 6.43. The summed E-state index contributed by atoms with van der Waals surface area (Å²) in [4.78, 5) is 4.53. The lowest BCUT2D eigenvalue weighted by atomic mass is 10.0. The first kappa shape index (κ1) is 16.4. The van der Waals surface area contributed by atoms with Crippen LogP contribution in [0.4, 0.5) is 5.69 Å². The van der Waals surface area contributed by atoms with Crippen LogP contribution in [0.2, 0.25) is 0 Å². The van der Waals surface area contributed by atoms with Crippen LogP contribution in [0.1, 0.15) is 5.56 Å². The van der Waals surface area contributed by atoms with Crippen molar-refractivity contribution in [2.45, 2.75) is 6.92 Å². The molecule has 0 fully saturated rings. The zero-order chi connectivity index (χ0) is 16.1. The first-order chi connectivity index (χ1) is 10.6. The standard InChI is InChI=1S/C16H14BrN3OS/c1-10-7-8-12(11-5-3-4-6-13(11)21)15(14(10)17)20-16(22-2)19-9-18/h3-8,21H,1-2H3,(H,19,20). The number of nitriles is 1. The van der Waals surface area contributed by atoms with E-state index >= 15 is 0 Å². The third-order valence-electron chi connectivity index (χ3n) is 3.07. The van der Waals surface area contributed by atoms with Gasteiger partial charge in [0, 0.05) is 15.6 Å². The SMILES string of the molecule is CSC(=Nc1c(-c2ccccc2O)ccc(C)c1Br)NC#N. The highest BCUT2D eigenvalue weighted by Gasteiger charge is 2.14. The molecule has 2 rings (SSSR count). The highest BCUT2D eigenvalue weighted by Crippen LogP contribution is 2.41. The molecule has 0 aliphatic heterocycles. The lowest BCUT2D eigenvalue weighted by Crippen LogP contribution is -2.12. The number of rotatable bonds is 2. The normalized spacial score (nSPS) is 11.1. The Bertz CT molecular complexity index is 768. The van der Waals surface area contributed by atoms with Crippen LogP contribution >= 0.6 is 27.7 Å². The van der Waals surface area contributed by atoms with Gasteiger partial charge in [0.25, 0.3) is 0 Å². The van der Waals surface area contributed by atoms with Crippen LogP contribution in [0.25, 0.3) is 11.1 Å². The number of hydrogen-bond acceptors (Lipinski definition) is 4. The number of aromatic hydroxyl groups is 1. The fraction of sp³-hybridized carbons (Fsp3) is 0.125. The second kappa shape index (κ2) is 7.34. The van der Waals surface area contributed by atoms with Crippen LogP contribution in [0.5, 0.6) is 5.75 Å². The zero-order valence-corrected chi connectivity index (χ0v) is 14.5. The molecule has 2 aromatic carbocycles. The van der Waals surface area contributed by atoms with Gasteiger partial charge in [-0.3, -0.25) is 5.32 Å². The maximum absolute atomic E-state index is 10.1. The maximum atomic E-state index is 10.1. The fourth-order valence-corrected chi connectivity index (χ4v) is 2.73. The molecule has 0 aromatic heterocycles. The summed E-state index contributed by atoms with van der Waals surface area (Å²) in [6, 6.07) is 11.0. The minimum atomic E-state index is 0.189. The van der Waals surface area contributed by atoms with Gasteiger partial charge in [-0.1, -0.05) is 42.1 Å². The van der Waals surface area contributed by atoms with Crippen molar-refractivity contribution in [2.75, 3.05) is 6.26 Å². The van der Waals surface area contributed by atoms with Crippen molar-refractivity contribution in [1.29, 1.82) is 5.26 Å². The number of phenolic OH excluding ortho intramolecular Hbond substituents is 1. The van der Waals surface area contributed by atoms with E-state index in [4.69, 9.17) is 5.26 Å². The van der Waals surface area contributed by atoms with E-state index in [0.717, 1.165) is 15.6 Å². The van der Waals surface area contributed by atoms with Crippen LogP contribution < -0.4 is 5.32 Å². The number of aryl methyl sites for hydroxylation is 1. The number of phenols is 1. The Balaban J connectivity index is 2.69. The van der Waals surface area contributed by atoms with Crippen molar-refractivity contribution >= 4 is 38.5 Å². The summed E-state index contributed by atoms with van der Waals surface area (Å²) in [5.74, 6) is 0.189. The summed E-state index contributed by atoms with van der Waals surface area (Å²) in [7, 11) is 0. The molecule has 6 heteroatoms. The number of hydrogen-bond donors (Lipinski definition) is 2. The fourth-order valence-electron chi connectivity index (χ4n) is 1.97. The van der Waals surface area contributed by atoms with E-state index in [1.165, 1.54) is 11.8 Å². The van der Waals surface area contributed by atoms with Gasteiger partial charge >= 0.3 is 0 Å². The molecule has 4 nitrogen and oxygen atoms in total. The predicted molar refractivity (Wildman–Crippen MR) is 95.3 cm³/mol. The van der Waals surface area contributed by atoms with Crippen molar-refractivity contribution in [1.82, 2.24) is 5.32 Å². The minimum absolute atomic E-state index is 0.189. The highest BCUT2D eigenvalue weighted by molar-refractivity contribution is 9.10. The molecule has 0 unspecified atom stereocenters. The van der Waals surface area contributed by atoms with E-state index in [0.29, 0.717) is 16.4 Å². The number of nitrogens with one attached hydrogen (secondary N) is 1. The van der Waals surface area contributed by atoms with Gasteiger partial charge in [-0.15, -0.1) is 0 Å². The first-order valence-corrected chi connectivity index (χ1v) is 8.45. The Morgan fingerprint density at radius 2 is 2.00 bits per heavy atom. The number of para-hydroxylation sites is 1. The maximum Gasteiger partial charge on any atom is 0.183 e. The Labute approximate surface area is 142 Å². The number of amidine groups is 1. The van der Waals surface area contributed by atoms with Crippen molar-refractivity contribution in [3.63, 3.8) is 0 Å². The zero-order valence-electron chi connectivity index (χ0n) is 12.1. The van der Waals surface area contributed by atoms with E-state index in [1.54, 1.807) is 12.1 Å². The lowest BCUT2D eigenvalue weighted by Gasteiger charge is -2.12. The molecule has 0 aliphatic carbocycles. The topological polar surface area (TPSA) is 68.4 Å². The predicted octanol–water partition coefficient (Wildman–Crippen LogP) is 4.55. The summed E-state index contributed by atoms with van der Waals surface area (Å²) in [5, 5.41) is 21.9. The molecule has 0 aliphatic rings. The Morgan fingerprint density at radius 3 is 2.64 bits per heavy atom. The average molecular weight is 376 g/mol. The van der Waals surface area contributed by atoms with E-state index in [2.05, 4.69) is 26.2 Å². The summed E-state index contributed by atoms with van der Waals surface area (Å²) in [6.45, 7) is 1.97. The van der Waals surface area contributed by atoms with Gasteiger partial charge in [0.05, 0.1) is 5.69 Å². The second-order valence-corrected chi connectivity index (χ2v) is 6.06. The van der Waals surface area contributed by atoms with Crippen LogP contribution in [0.3, 0.4) is 0 Å². The van der Waals surface area contributed by atoms with Crippen molar-refractivity contribution in [3.8, 4) is 23.1 Å². The molecular weight excluding hydrogens is 362 g/mol. The molecule has 112 valence electrons. The molecule has 0 saturated heterocycles. The Kier molecular flexibility index (Phi) is 5.47. The van der Waals surface area contributed by atoms with E-state index < -0.39 is 0 Å². The molecule has 0 spiro atoms. The second-order valence-electron chi connectivity index (χ2n) is 4.47. The third-order valence-corrected chi connectivity index (χ3v) is 4.65. The third kappa shape index (κ3) is 3.43. The monoisotopic (exact) mass is 375 g/mol. The van der Waals surface area contributed by atoms with Crippen LogP contribution in [0.15, 0.2) is 45.9 Å². The Morgan fingerprint density at radius 1 is 1.27 bits per heavy atom. The van der Waals surface area contributed by atoms with E-state index in [1.807, 2.05) is 43.6 Å². The summed E-state index contributed by atoms with van der Waals surface area (Å²) < 4.78 is 0.833. The number of nitrogens with zero attached hydrogens (tertiary/aromatic N) is 2. The molecule has 0 amide bonds. The number of benzene rings is 2. The van der Waals surface area contributed by atoms with Gasteiger partial charge in [-0.2, -0.15) is 5.26 Å². The molecule has 0 heterocycles. The summed E-state index contributed by atoms with van der Waals surface area (Å²) in [6.07, 6.45) is 3.72. The minimum Gasteiger partial charge on any atom is -0.507 e. The van der Waals surface area contributed by atoms with Crippen LogP contribution in [-0.4, -0.2) is 16.5 Å². The molecule has 2 aromatic rings. The van der Waals surface area contributed by atoms with Gasteiger partial charge in [-0.05, 0) is 40.7 Å². The largest absolute Gasteiger partial charge is 0.507 e. The molecule has 22 heavy (non-hydrogen) atoms. The van der Waals surface area contributed by atoms with Gasteiger partial charge in [0.1, 0.15) is 5.75 Å². The van der Waals surface area contributed by atoms with E-state index in [9.17, 15) is 5.11 Å². The summed E-state index contributed by atoms with van der Waals surface area (Å²) in [5.41, 5.74) is 3.19. The van der Waals surface area contributed by atoms with Gasteiger partial charge in [-0.25, -0.2) is 4.99 Å². The molecule has 2 N–H and O–H groups in total.